The molecule has 0 spiro atoms. The van der Waals surface area contributed by atoms with Crippen molar-refractivity contribution in [1.29, 1.82) is 0 Å². The van der Waals surface area contributed by atoms with Crippen LogP contribution in [0.1, 0.15) is 17.3 Å². The SMILES string of the molecule is c1cc(CN2CCOCC2)cc(-c2noc(CCc3ncc[nH]3)n2)c1. The third kappa shape index (κ3) is 4.12. The molecule has 0 aliphatic carbocycles. The molecular weight excluding hydrogens is 318 g/mol. The Kier molecular flexibility index (Phi) is 4.85. The first-order chi connectivity index (χ1) is 12.4. The van der Waals surface area contributed by atoms with E-state index < -0.39 is 0 Å². The Morgan fingerprint density at radius 1 is 1.16 bits per heavy atom. The van der Waals surface area contributed by atoms with Crippen LogP contribution in [-0.2, 0) is 24.1 Å². The second-order valence-corrected chi connectivity index (χ2v) is 6.14. The summed E-state index contributed by atoms with van der Waals surface area (Å²) in [4.78, 5) is 14.2. The number of aryl methyl sites for hydroxylation is 2. The molecule has 0 atom stereocenters. The van der Waals surface area contributed by atoms with E-state index >= 15 is 0 Å². The Labute approximate surface area is 146 Å². The molecule has 3 aromatic rings. The van der Waals surface area contributed by atoms with Crippen molar-refractivity contribution >= 4 is 0 Å². The first-order valence-electron chi connectivity index (χ1n) is 8.57. The van der Waals surface area contributed by atoms with Crippen molar-refractivity contribution < 1.29 is 9.26 Å². The molecule has 0 bridgehead atoms. The zero-order valence-electron chi connectivity index (χ0n) is 14.0. The van der Waals surface area contributed by atoms with E-state index in [9.17, 15) is 0 Å². The van der Waals surface area contributed by atoms with Gasteiger partial charge < -0.3 is 14.2 Å². The third-order valence-corrected chi connectivity index (χ3v) is 4.29. The maximum Gasteiger partial charge on any atom is 0.227 e. The maximum absolute atomic E-state index is 5.40. The van der Waals surface area contributed by atoms with Crippen LogP contribution in [0.15, 0.2) is 41.2 Å². The van der Waals surface area contributed by atoms with Gasteiger partial charge in [0.05, 0.1) is 13.2 Å². The third-order valence-electron chi connectivity index (χ3n) is 4.29. The lowest BCUT2D eigenvalue weighted by atomic mass is 10.1. The van der Waals surface area contributed by atoms with Gasteiger partial charge in [-0.1, -0.05) is 23.4 Å². The van der Waals surface area contributed by atoms with Crippen LogP contribution in [0.5, 0.6) is 0 Å². The number of nitrogens with zero attached hydrogens (tertiary/aromatic N) is 4. The first kappa shape index (κ1) is 16.0. The molecule has 7 nitrogen and oxygen atoms in total. The minimum atomic E-state index is 0.630. The zero-order chi connectivity index (χ0) is 16.9. The van der Waals surface area contributed by atoms with Gasteiger partial charge in [0.15, 0.2) is 0 Å². The highest BCUT2D eigenvalue weighted by Gasteiger charge is 2.13. The van der Waals surface area contributed by atoms with E-state index in [1.807, 2.05) is 18.3 Å². The number of hydrogen-bond donors (Lipinski definition) is 1. The lowest BCUT2D eigenvalue weighted by Crippen LogP contribution is -2.35. The maximum atomic E-state index is 5.40. The van der Waals surface area contributed by atoms with Crippen LogP contribution >= 0.6 is 0 Å². The molecule has 1 fully saturated rings. The molecule has 0 amide bonds. The average molecular weight is 339 g/mol. The van der Waals surface area contributed by atoms with E-state index in [-0.39, 0.29) is 0 Å². The van der Waals surface area contributed by atoms with Crippen LogP contribution < -0.4 is 0 Å². The summed E-state index contributed by atoms with van der Waals surface area (Å²) in [5.41, 5.74) is 2.24. The van der Waals surface area contributed by atoms with Crippen LogP contribution in [0.3, 0.4) is 0 Å². The van der Waals surface area contributed by atoms with E-state index in [1.54, 1.807) is 6.20 Å². The van der Waals surface area contributed by atoms with Gasteiger partial charge in [-0.3, -0.25) is 4.90 Å². The van der Waals surface area contributed by atoms with Crippen molar-refractivity contribution in [3.05, 3.63) is 53.9 Å². The molecule has 7 heteroatoms. The fourth-order valence-corrected chi connectivity index (χ4v) is 2.96. The lowest BCUT2D eigenvalue weighted by molar-refractivity contribution is 0.0342. The Balaban J connectivity index is 1.41. The fourth-order valence-electron chi connectivity index (χ4n) is 2.96. The van der Waals surface area contributed by atoms with Crippen LogP contribution in [0, 0.1) is 0 Å². The molecule has 1 aliphatic heterocycles. The van der Waals surface area contributed by atoms with Crippen LogP contribution in [0.25, 0.3) is 11.4 Å². The Morgan fingerprint density at radius 3 is 2.92 bits per heavy atom. The second kappa shape index (κ2) is 7.58. The van der Waals surface area contributed by atoms with E-state index in [0.29, 0.717) is 18.1 Å². The Bertz CT molecular complexity index is 793. The molecule has 3 heterocycles. The van der Waals surface area contributed by atoms with E-state index in [2.05, 4.69) is 37.1 Å². The second-order valence-electron chi connectivity index (χ2n) is 6.14. The molecule has 1 saturated heterocycles. The summed E-state index contributed by atoms with van der Waals surface area (Å²) in [6, 6.07) is 8.33. The highest BCUT2D eigenvalue weighted by atomic mass is 16.5. The zero-order valence-corrected chi connectivity index (χ0v) is 14.0. The van der Waals surface area contributed by atoms with Gasteiger partial charge in [0.2, 0.25) is 11.7 Å². The highest BCUT2D eigenvalue weighted by Crippen LogP contribution is 2.19. The number of hydrogen-bond acceptors (Lipinski definition) is 6. The number of aromatic amines is 1. The number of rotatable bonds is 6. The van der Waals surface area contributed by atoms with Crippen molar-refractivity contribution in [2.24, 2.45) is 0 Å². The topological polar surface area (TPSA) is 80.1 Å². The molecule has 1 aliphatic rings. The van der Waals surface area contributed by atoms with Crippen molar-refractivity contribution in [3.8, 4) is 11.4 Å². The van der Waals surface area contributed by atoms with E-state index in [1.165, 1.54) is 5.56 Å². The summed E-state index contributed by atoms with van der Waals surface area (Å²) in [6.45, 7) is 4.49. The van der Waals surface area contributed by atoms with Gasteiger partial charge in [-0.2, -0.15) is 4.98 Å². The molecule has 1 aromatic carbocycles. The van der Waals surface area contributed by atoms with Gasteiger partial charge in [0.25, 0.3) is 0 Å². The summed E-state index contributed by atoms with van der Waals surface area (Å²) in [6.07, 6.45) is 4.99. The number of ether oxygens (including phenoxy) is 1. The summed E-state index contributed by atoms with van der Waals surface area (Å²) in [5, 5.41) is 4.12. The molecule has 0 unspecified atom stereocenters. The molecule has 2 aromatic heterocycles. The molecule has 0 radical (unpaired) electrons. The monoisotopic (exact) mass is 339 g/mol. The number of aromatic nitrogens is 4. The minimum absolute atomic E-state index is 0.630. The van der Waals surface area contributed by atoms with Gasteiger partial charge in [-0.05, 0) is 11.6 Å². The van der Waals surface area contributed by atoms with Gasteiger partial charge >= 0.3 is 0 Å². The molecule has 1 N–H and O–H groups in total. The smallest absolute Gasteiger partial charge is 0.227 e. The van der Waals surface area contributed by atoms with Crippen LogP contribution in [0.2, 0.25) is 0 Å². The van der Waals surface area contributed by atoms with Crippen molar-refractivity contribution in [2.45, 2.75) is 19.4 Å². The quantitative estimate of drug-likeness (QED) is 0.741. The van der Waals surface area contributed by atoms with E-state index in [4.69, 9.17) is 9.26 Å². The molecule has 0 saturated carbocycles. The number of morpholine rings is 1. The first-order valence-corrected chi connectivity index (χ1v) is 8.57. The van der Waals surface area contributed by atoms with Crippen molar-refractivity contribution in [2.75, 3.05) is 26.3 Å². The average Bonchev–Trinajstić information content (AvgIpc) is 3.33. The molecule has 25 heavy (non-hydrogen) atoms. The van der Waals surface area contributed by atoms with Gasteiger partial charge in [0, 0.05) is 50.4 Å². The highest BCUT2D eigenvalue weighted by molar-refractivity contribution is 5.55. The molecule has 4 rings (SSSR count). The summed E-state index contributed by atoms with van der Waals surface area (Å²) < 4.78 is 10.8. The normalized spacial score (nSPS) is 15.5. The standard InChI is InChI=1S/C18H21N5O2/c1-2-14(13-23-8-10-24-11-9-23)12-15(3-1)18-21-17(25-22-18)5-4-16-19-6-7-20-16/h1-3,6-7,12H,4-5,8-11,13H2,(H,19,20). The summed E-state index contributed by atoms with van der Waals surface area (Å²) in [5.74, 6) is 2.19. The van der Waals surface area contributed by atoms with E-state index in [0.717, 1.165) is 50.7 Å². The van der Waals surface area contributed by atoms with Crippen LogP contribution in [-0.4, -0.2) is 51.3 Å². The number of nitrogens with one attached hydrogen (secondary N) is 1. The van der Waals surface area contributed by atoms with Gasteiger partial charge in [0.1, 0.15) is 5.82 Å². The predicted octanol–water partition coefficient (Wildman–Crippen LogP) is 2.08. The lowest BCUT2D eigenvalue weighted by Gasteiger charge is -2.26. The fraction of sp³-hybridized carbons (Fsp3) is 0.389. The minimum Gasteiger partial charge on any atom is -0.379 e. The molecule has 130 valence electrons. The van der Waals surface area contributed by atoms with Crippen molar-refractivity contribution in [3.63, 3.8) is 0 Å². The number of imidazole rings is 1. The molecular formula is C18H21N5O2. The number of H-pyrrole nitrogens is 1. The predicted molar refractivity (Wildman–Crippen MR) is 91.8 cm³/mol. The number of benzene rings is 1. The van der Waals surface area contributed by atoms with Gasteiger partial charge in [-0.15, -0.1) is 0 Å². The Morgan fingerprint density at radius 2 is 2.08 bits per heavy atom. The summed E-state index contributed by atoms with van der Waals surface area (Å²) in [7, 11) is 0. The van der Waals surface area contributed by atoms with Crippen molar-refractivity contribution in [1.82, 2.24) is 25.0 Å². The van der Waals surface area contributed by atoms with Crippen LogP contribution in [0.4, 0.5) is 0 Å². The largest absolute Gasteiger partial charge is 0.379 e. The Hall–Kier alpha value is -2.51. The summed E-state index contributed by atoms with van der Waals surface area (Å²) >= 11 is 0. The van der Waals surface area contributed by atoms with Gasteiger partial charge in [-0.25, -0.2) is 4.98 Å².